The first-order valence-corrected chi connectivity index (χ1v) is 28.4. The normalized spacial score (nSPS) is 20.1. The summed E-state index contributed by atoms with van der Waals surface area (Å²) in [6, 6.07) is -0.939. The van der Waals surface area contributed by atoms with Crippen molar-refractivity contribution in [3.8, 4) is 0 Å². The van der Waals surface area contributed by atoms with Crippen molar-refractivity contribution in [1.82, 2.24) is 5.32 Å². The van der Waals surface area contributed by atoms with E-state index in [4.69, 9.17) is 9.47 Å². The Bertz CT molecular complexity index is 1210. The van der Waals surface area contributed by atoms with Crippen LogP contribution in [0.25, 0.3) is 0 Å². The predicted octanol–water partition coefficient (Wildman–Crippen LogP) is 11.9. The van der Waals surface area contributed by atoms with Gasteiger partial charge in [-0.2, -0.15) is 8.42 Å². The van der Waals surface area contributed by atoms with Crippen molar-refractivity contribution in [1.29, 1.82) is 0 Å². The van der Waals surface area contributed by atoms with Crippen LogP contribution in [0.2, 0.25) is 0 Å². The number of aliphatic hydroxyl groups is 4. The molecule has 1 aliphatic rings. The van der Waals surface area contributed by atoms with Crippen molar-refractivity contribution in [2.24, 2.45) is 0 Å². The molecule has 1 saturated heterocycles. The second-order valence-corrected chi connectivity index (χ2v) is 20.2. The number of hydrogen-bond donors (Lipinski definition) is 6. The smallest absolute Gasteiger partial charge is 0.394 e. The zero-order valence-corrected chi connectivity index (χ0v) is 42.4. The molecular weight excluding hydrogens is 847 g/mol. The van der Waals surface area contributed by atoms with Gasteiger partial charge in [0.05, 0.1) is 25.4 Å². The van der Waals surface area contributed by atoms with E-state index in [0.29, 0.717) is 6.42 Å². The van der Waals surface area contributed by atoms with Crippen molar-refractivity contribution >= 4 is 16.3 Å². The Labute approximate surface area is 398 Å². The third kappa shape index (κ3) is 35.6. The van der Waals surface area contributed by atoms with Crippen LogP contribution in [0.15, 0.2) is 12.2 Å². The number of carbonyl (C=O) groups excluding carboxylic acids is 1. The third-order valence-electron chi connectivity index (χ3n) is 13.1. The highest BCUT2D eigenvalue weighted by atomic mass is 32.3. The van der Waals surface area contributed by atoms with Gasteiger partial charge >= 0.3 is 10.4 Å². The molecule has 0 aromatic heterocycles. The largest absolute Gasteiger partial charge is 0.397 e. The quantitative estimate of drug-likeness (QED) is 0.0193. The summed E-state index contributed by atoms with van der Waals surface area (Å²) in [7, 11) is -5.08. The summed E-state index contributed by atoms with van der Waals surface area (Å²) in [6.07, 6.45) is 41.1. The maximum absolute atomic E-state index is 13.1. The minimum Gasteiger partial charge on any atom is -0.394 e. The van der Waals surface area contributed by atoms with Gasteiger partial charge in [-0.05, 0) is 19.3 Å². The number of unbranched alkanes of at least 4 members (excludes halogenated alkanes) is 35. The first-order chi connectivity index (χ1) is 31.5. The van der Waals surface area contributed by atoms with Gasteiger partial charge in [0.2, 0.25) is 5.91 Å². The molecule has 0 aromatic carbocycles. The maximum atomic E-state index is 13.1. The SMILES string of the molecule is CCCCCCCCCCCCCCCCCCCCCCCC/C=C/C(O)C(COC1OC(CO)C(O)C(OS(=O)(=O)O)C1O)NC(=O)CCCCCCCCCCCCCCCC. The van der Waals surface area contributed by atoms with E-state index in [1.165, 1.54) is 193 Å². The zero-order chi connectivity index (χ0) is 47.6. The molecule has 12 nitrogen and oxygen atoms in total. The molecule has 1 heterocycles. The van der Waals surface area contributed by atoms with Crippen molar-refractivity contribution in [2.75, 3.05) is 13.2 Å². The van der Waals surface area contributed by atoms with E-state index < -0.39 is 59.9 Å². The van der Waals surface area contributed by atoms with Crippen molar-refractivity contribution in [2.45, 2.75) is 301 Å². The van der Waals surface area contributed by atoms with Crippen LogP contribution < -0.4 is 5.32 Å². The fourth-order valence-corrected chi connectivity index (χ4v) is 9.38. The molecule has 0 bridgehead atoms. The van der Waals surface area contributed by atoms with Crippen LogP contribution in [0.5, 0.6) is 0 Å². The first kappa shape index (κ1) is 61.9. The molecule has 1 amide bonds. The zero-order valence-electron chi connectivity index (χ0n) is 41.6. The number of aliphatic hydroxyl groups excluding tert-OH is 4. The molecule has 386 valence electrons. The molecule has 0 aromatic rings. The van der Waals surface area contributed by atoms with Crippen LogP contribution in [0.1, 0.15) is 258 Å². The molecule has 7 atom stereocenters. The van der Waals surface area contributed by atoms with Crippen molar-refractivity contribution in [3.05, 3.63) is 12.2 Å². The molecule has 13 heteroatoms. The van der Waals surface area contributed by atoms with E-state index in [-0.39, 0.29) is 18.9 Å². The Hall–Kier alpha value is -1.16. The molecule has 6 N–H and O–H groups in total. The van der Waals surface area contributed by atoms with E-state index >= 15 is 0 Å². The Morgan fingerprint density at radius 2 is 0.969 bits per heavy atom. The van der Waals surface area contributed by atoms with Crippen LogP contribution >= 0.6 is 0 Å². The molecule has 7 unspecified atom stereocenters. The molecule has 0 saturated carbocycles. The van der Waals surface area contributed by atoms with Crippen LogP contribution in [0.3, 0.4) is 0 Å². The van der Waals surface area contributed by atoms with E-state index in [1.807, 2.05) is 6.08 Å². The number of allylic oxidation sites excluding steroid dienone is 1. The monoisotopic (exact) mass is 948 g/mol. The summed E-state index contributed by atoms with van der Waals surface area (Å²) < 4.78 is 47.7. The fraction of sp³-hybridized carbons (Fsp3) is 0.942. The van der Waals surface area contributed by atoms with Gasteiger partial charge in [-0.25, -0.2) is 4.18 Å². The van der Waals surface area contributed by atoms with Crippen molar-refractivity contribution < 1.29 is 51.8 Å². The van der Waals surface area contributed by atoms with E-state index in [1.54, 1.807) is 6.08 Å². The molecule has 0 spiro atoms. The highest BCUT2D eigenvalue weighted by Gasteiger charge is 2.48. The lowest BCUT2D eigenvalue weighted by Gasteiger charge is -2.41. The first-order valence-electron chi connectivity index (χ1n) is 27.1. The summed E-state index contributed by atoms with van der Waals surface area (Å²) in [5, 5.41) is 44.9. The highest BCUT2D eigenvalue weighted by Crippen LogP contribution is 2.26. The molecule has 1 aliphatic heterocycles. The van der Waals surface area contributed by atoms with Crippen molar-refractivity contribution in [3.63, 3.8) is 0 Å². The van der Waals surface area contributed by atoms with Gasteiger partial charge in [-0.1, -0.05) is 244 Å². The Kier molecular flexibility index (Phi) is 40.8. The van der Waals surface area contributed by atoms with E-state index in [0.717, 1.165) is 38.5 Å². The molecule has 1 rings (SSSR count). The van der Waals surface area contributed by atoms with E-state index in [2.05, 4.69) is 23.3 Å². The van der Waals surface area contributed by atoms with Gasteiger partial charge in [-0.15, -0.1) is 0 Å². The summed E-state index contributed by atoms with van der Waals surface area (Å²) in [6.45, 7) is 3.42. The third-order valence-corrected chi connectivity index (χ3v) is 13.5. The second-order valence-electron chi connectivity index (χ2n) is 19.2. The minimum atomic E-state index is -5.08. The van der Waals surface area contributed by atoms with Crippen LogP contribution in [0.4, 0.5) is 0 Å². The summed E-state index contributed by atoms with van der Waals surface area (Å²) in [5.74, 6) is -0.258. The summed E-state index contributed by atoms with van der Waals surface area (Å²) in [4.78, 5) is 13.1. The van der Waals surface area contributed by atoms with Gasteiger partial charge in [0.25, 0.3) is 0 Å². The predicted molar refractivity (Wildman–Crippen MR) is 264 cm³/mol. The Morgan fingerprint density at radius 1 is 0.600 bits per heavy atom. The lowest BCUT2D eigenvalue weighted by atomic mass is 9.99. The van der Waals surface area contributed by atoms with Gasteiger partial charge < -0.3 is 35.2 Å². The lowest BCUT2D eigenvalue weighted by Crippen LogP contribution is -2.61. The minimum absolute atomic E-state index is 0.258. The highest BCUT2D eigenvalue weighted by molar-refractivity contribution is 7.80. The number of nitrogens with one attached hydrogen (secondary N) is 1. The number of amides is 1. The maximum Gasteiger partial charge on any atom is 0.397 e. The van der Waals surface area contributed by atoms with Gasteiger partial charge in [0.1, 0.15) is 24.4 Å². The molecule has 65 heavy (non-hydrogen) atoms. The molecule has 0 radical (unpaired) electrons. The van der Waals surface area contributed by atoms with Crippen LogP contribution in [0, 0.1) is 0 Å². The average molecular weight is 948 g/mol. The topological polar surface area (TPSA) is 192 Å². The lowest BCUT2D eigenvalue weighted by molar-refractivity contribution is -0.298. The van der Waals surface area contributed by atoms with E-state index in [9.17, 15) is 38.2 Å². The molecular formula is C52H101NO11S. The number of hydrogen-bond acceptors (Lipinski definition) is 10. The fourth-order valence-electron chi connectivity index (χ4n) is 8.87. The number of rotatable bonds is 47. The summed E-state index contributed by atoms with van der Waals surface area (Å²) >= 11 is 0. The number of ether oxygens (including phenoxy) is 2. The van der Waals surface area contributed by atoms with Crippen LogP contribution in [-0.2, 0) is 28.9 Å². The van der Waals surface area contributed by atoms with Gasteiger partial charge in [-0.3, -0.25) is 9.35 Å². The number of carbonyl (C=O) groups is 1. The van der Waals surface area contributed by atoms with Crippen LogP contribution in [-0.4, -0.2) is 95.4 Å². The van der Waals surface area contributed by atoms with Gasteiger partial charge in [0.15, 0.2) is 6.29 Å². The average Bonchev–Trinajstić information content (AvgIpc) is 3.28. The Balaban J connectivity index is 2.39. The summed E-state index contributed by atoms with van der Waals surface area (Å²) in [5.41, 5.74) is 0. The standard InChI is InChI=1S/C52H101NO11S/c1-3-5-7-9-11-13-15-17-19-20-21-22-23-24-25-26-27-28-29-31-33-35-37-39-41-46(55)45(44-62-52-50(58)51(64-65(59,60)61)49(57)47(43-54)63-52)53-48(56)42-40-38-36-34-32-30-18-16-14-12-10-8-6-4-2/h39,41,45-47,49-52,54-55,57-58H,3-38,40,42-44H2,1-2H3,(H,53,56)(H,59,60,61)/b41-39+. The molecule has 0 aliphatic carbocycles. The Morgan fingerprint density at radius 3 is 1.34 bits per heavy atom. The molecule has 1 fully saturated rings. The second kappa shape index (κ2) is 42.9. The van der Waals surface area contributed by atoms with Gasteiger partial charge in [0, 0.05) is 6.42 Å².